The molecule has 0 saturated carbocycles. The van der Waals surface area contributed by atoms with Crippen molar-refractivity contribution in [1.29, 1.82) is 0 Å². The summed E-state index contributed by atoms with van der Waals surface area (Å²) in [6, 6.07) is 32.1. The first-order valence-corrected chi connectivity index (χ1v) is 15.7. The predicted molar refractivity (Wildman–Crippen MR) is 173 cm³/mol. The first kappa shape index (κ1) is 27.6. The van der Waals surface area contributed by atoms with Crippen LogP contribution >= 0.6 is 22.9 Å². The maximum Gasteiger partial charge on any atom is 0.251 e. The van der Waals surface area contributed by atoms with Gasteiger partial charge in [-0.05, 0) is 65.8 Å². The highest BCUT2D eigenvalue weighted by Crippen LogP contribution is 2.61. The van der Waals surface area contributed by atoms with Crippen LogP contribution in [0.15, 0.2) is 102 Å². The van der Waals surface area contributed by atoms with Crippen LogP contribution in [-0.2, 0) is 11.2 Å². The predicted octanol–water partition coefficient (Wildman–Crippen LogP) is 8.06. The molecule has 3 aliphatic rings. The minimum atomic E-state index is -0.610. The van der Waals surface area contributed by atoms with E-state index >= 15 is 0 Å². The summed E-state index contributed by atoms with van der Waals surface area (Å²) in [5.41, 5.74) is 7.65. The number of rotatable bonds is 7. The number of carbonyl (C=O) groups is 2. The molecule has 4 aromatic carbocycles. The first-order valence-electron chi connectivity index (χ1n) is 14.5. The smallest absolute Gasteiger partial charge is 0.251 e. The molecule has 5 aromatic rings. The Kier molecular flexibility index (Phi) is 7.12. The fourth-order valence-corrected chi connectivity index (χ4v) is 7.77. The van der Waals surface area contributed by atoms with Crippen LogP contribution in [0.3, 0.4) is 0 Å². The highest BCUT2D eigenvalue weighted by molar-refractivity contribution is 7.14. The number of benzene rings is 4. The van der Waals surface area contributed by atoms with E-state index in [0.717, 1.165) is 23.2 Å². The number of hydrogen-bond donors (Lipinski definition) is 2. The van der Waals surface area contributed by atoms with E-state index in [1.54, 1.807) is 6.07 Å². The van der Waals surface area contributed by atoms with Crippen LogP contribution in [0.4, 0.5) is 5.13 Å². The van der Waals surface area contributed by atoms with Crippen LogP contribution in [0.5, 0.6) is 0 Å². The summed E-state index contributed by atoms with van der Waals surface area (Å²) in [4.78, 5) is 31.6. The summed E-state index contributed by atoms with van der Waals surface area (Å²) in [5, 5.41) is 9.31. The van der Waals surface area contributed by atoms with Gasteiger partial charge in [0.05, 0.1) is 11.1 Å². The van der Waals surface area contributed by atoms with Gasteiger partial charge in [0, 0.05) is 39.9 Å². The van der Waals surface area contributed by atoms with Gasteiger partial charge < -0.3 is 10.6 Å². The number of nitrogens with one attached hydrogen (secondary N) is 2. The van der Waals surface area contributed by atoms with Gasteiger partial charge in [-0.1, -0.05) is 90.5 Å². The zero-order valence-corrected chi connectivity index (χ0v) is 25.2. The molecule has 214 valence electrons. The van der Waals surface area contributed by atoms with Crippen LogP contribution in [0, 0.1) is 5.41 Å². The number of nitrogens with zero attached hydrogens (tertiary/aromatic N) is 1. The van der Waals surface area contributed by atoms with Crippen LogP contribution in [-0.4, -0.2) is 23.3 Å². The van der Waals surface area contributed by atoms with E-state index in [4.69, 9.17) is 16.6 Å². The van der Waals surface area contributed by atoms with E-state index in [1.165, 1.54) is 33.6 Å². The number of hydrogen-bond acceptors (Lipinski definition) is 4. The molecule has 1 atom stereocenters. The molecule has 2 bridgehead atoms. The maximum atomic E-state index is 14.0. The van der Waals surface area contributed by atoms with E-state index in [9.17, 15) is 9.59 Å². The number of anilines is 1. The van der Waals surface area contributed by atoms with Gasteiger partial charge in [-0.15, -0.1) is 11.3 Å². The van der Waals surface area contributed by atoms with Crippen LogP contribution < -0.4 is 10.6 Å². The second-order valence-corrected chi connectivity index (χ2v) is 12.8. The average Bonchev–Trinajstić information content (AvgIpc) is 3.50. The molecule has 1 heterocycles. The Morgan fingerprint density at radius 3 is 2.30 bits per heavy atom. The van der Waals surface area contributed by atoms with Gasteiger partial charge in [-0.25, -0.2) is 4.98 Å². The van der Waals surface area contributed by atoms with Crippen molar-refractivity contribution in [3.63, 3.8) is 0 Å². The molecule has 0 radical (unpaired) electrons. The second-order valence-electron chi connectivity index (χ2n) is 11.5. The second kappa shape index (κ2) is 11.1. The van der Waals surface area contributed by atoms with Gasteiger partial charge in [-0.3, -0.25) is 9.59 Å². The number of thiazole rings is 1. The summed E-state index contributed by atoms with van der Waals surface area (Å²) >= 11 is 7.64. The lowest BCUT2D eigenvalue weighted by Crippen LogP contribution is -2.47. The summed E-state index contributed by atoms with van der Waals surface area (Å²) < 4.78 is 0. The highest BCUT2D eigenvalue weighted by Gasteiger charge is 2.54. The molecule has 1 aromatic heterocycles. The van der Waals surface area contributed by atoms with E-state index in [-0.39, 0.29) is 23.7 Å². The fraction of sp³-hybridized carbons (Fsp3) is 0.194. The van der Waals surface area contributed by atoms with Crippen molar-refractivity contribution in [2.45, 2.75) is 31.6 Å². The Morgan fingerprint density at radius 1 is 0.907 bits per heavy atom. The van der Waals surface area contributed by atoms with Gasteiger partial charge in [0.25, 0.3) is 5.91 Å². The Hall–Kier alpha value is -4.26. The van der Waals surface area contributed by atoms with Crippen molar-refractivity contribution in [2.24, 2.45) is 5.41 Å². The van der Waals surface area contributed by atoms with Gasteiger partial charge in [-0.2, -0.15) is 0 Å². The third-order valence-electron chi connectivity index (χ3n) is 8.93. The highest BCUT2D eigenvalue weighted by atomic mass is 35.5. The van der Waals surface area contributed by atoms with Crippen molar-refractivity contribution in [3.05, 3.63) is 141 Å². The zero-order valence-electron chi connectivity index (χ0n) is 23.6. The van der Waals surface area contributed by atoms with Crippen molar-refractivity contribution in [1.82, 2.24) is 10.3 Å². The monoisotopic (exact) mass is 603 g/mol. The molecular formula is C36H30ClN3O2S. The maximum absolute atomic E-state index is 14.0. The number of amides is 2. The van der Waals surface area contributed by atoms with Gasteiger partial charge >= 0.3 is 0 Å². The number of halogens is 1. The lowest BCUT2D eigenvalue weighted by atomic mass is 9.52. The largest absolute Gasteiger partial charge is 0.352 e. The Labute approximate surface area is 260 Å². The Bertz CT molecular complexity index is 1820. The summed E-state index contributed by atoms with van der Waals surface area (Å²) in [7, 11) is 0. The molecule has 0 aliphatic heterocycles. The summed E-state index contributed by atoms with van der Waals surface area (Å²) in [6.07, 6.45) is 1.40. The molecule has 0 spiro atoms. The SMILES string of the molecule is CC1(C(=O)Nc2nc(-c3cccc(C(=O)NCCc4ccccc4Cl)c3)cs2)CC2c3ccccc3C1c1ccccc12. The number of carbonyl (C=O) groups excluding carboxylic acids is 2. The molecule has 8 rings (SSSR count). The zero-order chi connectivity index (χ0) is 29.6. The van der Waals surface area contributed by atoms with E-state index in [0.29, 0.717) is 28.7 Å². The standard InChI is InChI=1S/C36H30ClN3O2S/c1-36(20-29-25-12-3-5-14-27(25)32(36)28-15-6-4-13-26(28)29)34(42)40-35-39-31(21-43-35)23-10-8-11-24(19-23)33(41)38-18-17-22-9-2-7-16-30(22)37/h2-16,19,21,29,32H,17-18,20H2,1H3,(H,38,41)(H,39,40,42). The van der Waals surface area contributed by atoms with Gasteiger partial charge in [0.1, 0.15) is 0 Å². The molecule has 2 amide bonds. The Morgan fingerprint density at radius 2 is 1.58 bits per heavy atom. The van der Waals surface area contributed by atoms with Crippen molar-refractivity contribution in [3.8, 4) is 11.3 Å². The quantitative estimate of drug-likeness (QED) is 0.198. The Balaban J connectivity index is 1.07. The third kappa shape index (κ3) is 4.94. The molecule has 2 N–H and O–H groups in total. The van der Waals surface area contributed by atoms with Gasteiger partial charge in [0.15, 0.2) is 5.13 Å². The molecule has 0 fully saturated rings. The summed E-state index contributed by atoms with van der Waals surface area (Å²) in [5.74, 6) is 0.00793. The molecular weight excluding hydrogens is 574 g/mol. The lowest BCUT2D eigenvalue weighted by Gasteiger charge is -2.50. The normalized spacial score (nSPS) is 19.8. The van der Waals surface area contributed by atoms with Crippen LogP contribution in [0.2, 0.25) is 5.02 Å². The number of fused-ring (bicyclic) bond motifs is 1. The molecule has 0 saturated heterocycles. The van der Waals surface area contributed by atoms with Crippen LogP contribution in [0.1, 0.15) is 63.4 Å². The van der Waals surface area contributed by atoms with Crippen LogP contribution in [0.25, 0.3) is 11.3 Å². The van der Waals surface area contributed by atoms with E-state index in [1.807, 2.05) is 47.8 Å². The first-order chi connectivity index (χ1) is 20.9. The van der Waals surface area contributed by atoms with Gasteiger partial charge in [0.2, 0.25) is 5.91 Å². The molecule has 43 heavy (non-hydrogen) atoms. The fourth-order valence-electron chi connectivity index (χ4n) is 6.83. The van der Waals surface area contributed by atoms with E-state index in [2.05, 4.69) is 66.1 Å². The topological polar surface area (TPSA) is 71.1 Å². The van der Waals surface area contributed by atoms with E-state index < -0.39 is 5.41 Å². The molecule has 3 aliphatic carbocycles. The summed E-state index contributed by atoms with van der Waals surface area (Å²) in [6.45, 7) is 2.57. The molecule has 1 unspecified atom stereocenters. The average molecular weight is 604 g/mol. The number of aromatic nitrogens is 1. The lowest BCUT2D eigenvalue weighted by molar-refractivity contribution is -0.126. The van der Waals surface area contributed by atoms with Crippen molar-refractivity contribution < 1.29 is 9.59 Å². The minimum Gasteiger partial charge on any atom is -0.352 e. The van der Waals surface area contributed by atoms with Crippen molar-refractivity contribution >= 4 is 39.9 Å². The van der Waals surface area contributed by atoms with Crippen molar-refractivity contribution in [2.75, 3.05) is 11.9 Å². The molecule has 7 heteroatoms. The third-order valence-corrected chi connectivity index (χ3v) is 10.1. The molecule has 5 nitrogen and oxygen atoms in total. The minimum absolute atomic E-state index is 0.0148.